The lowest BCUT2D eigenvalue weighted by Crippen LogP contribution is -2.34. The number of aryl methyl sites for hydroxylation is 1. The number of halogens is 2. The zero-order valence-corrected chi connectivity index (χ0v) is 13.6. The van der Waals surface area contributed by atoms with Crippen LogP contribution in [0.4, 0.5) is 4.39 Å². The lowest BCUT2D eigenvalue weighted by Gasteiger charge is -2.15. The average molecular weight is 350 g/mol. The fraction of sp³-hybridized carbons (Fsp3) is 0.235. The predicted octanol–water partition coefficient (Wildman–Crippen LogP) is 4.26. The Hall–Kier alpha value is -1.68. The molecule has 0 aliphatic carbocycles. The van der Waals surface area contributed by atoms with Crippen LogP contribution in [0.1, 0.15) is 28.4 Å². The van der Waals surface area contributed by atoms with Gasteiger partial charge in [0.1, 0.15) is 5.82 Å². The van der Waals surface area contributed by atoms with Gasteiger partial charge in [0.15, 0.2) is 0 Å². The van der Waals surface area contributed by atoms with Crippen molar-refractivity contribution in [2.45, 2.75) is 26.3 Å². The van der Waals surface area contributed by atoms with E-state index in [2.05, 4.69) is 27.3 Å². The highest BCUT2D eigenvalue weighted by Gasteiger charge is 2.12. The van der Waals surface area contributed by atoms with Crippen LogP contribution in [-0.2, 0) is 6.42 Å². The summed E-state index contributed by atoms with van der Waals surface area (Å²) in [4.78, 5) is 12.1. The van der Waals surface area contributed by atoms with Crippen molar-refractivity contribution in [3.63, 3.8) is 0 Å². The number of carbonyl (C=O) groups excluding carboxylic acids is 1. The molecule has 0 aliphatic rings. The number of benzene rings is 2. The zero-order valence-electron chi connectivity index (χ0n) is 12.0. The number of carbonyl (C=O) groups is 1. The van der Waals surface area contributed by atoms with Gasteiger partial charge in [0.05, 0.1) is 4.47 Å². The molecule has 1 atom stereocenters. The van der Waals surface area contributed by atoms with Gasteiger partial charge in [0, 0.05) is 11.6 Å². The molecule has 0 aliphatic heterocycles. The Labute approximate surface area is 132 Å². The van der Waals surface area contributed by atoms with Crippen LogP contribution in [0.3, 0.4) is 0 Å². The third-order valence-corrected chi connectivity index (χ3v) is 3.99. The Morgan fingerprint density at radius 2 is 2.00 bits per heavy atom. The Morgan fingerprint density at radius 3 is 2.67 bits per heavy atom. The van der Waals surface area contributed by atoms with Gasteiger partial charge in [-0.3, -0.25) is 4.79 Å². The van der Waals surface area contributed by atoms with E-state index < -0.39 is 5.82 Å². The van der Waals surface area contributed by atoms with Crippen LogP contribution in [0.2, 0.25) is 0 Å². The van der Waals surface area contributed by atoms with E-state index in [9.17, 15) is 9.18 Å². The van der Waals surface area contributed by atoms with E-state index in [4.69, 9.17) is 0 Å². The van der Waals surface area contributed by atoms with Gasteiger partial charge in [0.25, 0.3) is 5.91 Å². The lowest BCUT2D eigenvalue weighted by atomic mass is 10.0. The fourth-order valence-corrected chi connectivity index (χ4v) is 2.41. The van der Waals surface area contributed by atoms with E-state index in [1.54, 1.807) is 6.07 Å². The molecular weight excluding hydrogens is 333 g/mol. The van der Waals surface area contributed by atoms with Gasteiger partial charge in [-0.25, -0.2) is 4.39 Å². The fourth-order valence-electron chi connectivity index (χ4n) is 2.16. The first-order valence-corrected chi connectivity index (χ1v) is 7.57. The zero-order chi connectivity index (χ0) is 15.4. The summed E-state index contributed by atoms with van der Waals surface area (Å²) in [7, 11) is 0. The average Bonchev–Trinajstić information content (AvgIpc) is 2.44. The molecule has 2 nitrogen and oxygen atoms in total. The first kappa shape index (κ1) is 15.7. The van der Waals surface area contributed by atoms with Crippen LogP contribution in [0.15, 0.2) is 46.9 Å². The maximum absolute atomic E-state index is 13.4. The van der Waals surface area contributed by atoms with Gasteiger partial charge in [-0.1, -0.05) is 24.3 Å². The number of hydrogen-bond acceptors (Lipinski definition) is 1. The third-order valence-electron chi connectivity index (χ3n) is 3.35. The summed E-state index contributed by atoms with van der Waals surface area (Å²) in [5.74, 6) is -0.698. The largest absolute Gasteiger partial charge is 0.349 e. The summed E-state index contributed by atoms with van der Waals surface area (Å²) in [6.45, 7) is 3.99. The highest BCUT2D eigenvalue weighted by molar-refractivity contribution is 9.10. The Morgan fingerprint density at radius 1 is 1.29 bits per heavy atom. The minimum atomic E-state index is -0.436. The molecule has 1 unspecified atom stereocenters. The van der Waals surface area contributed by atoms with Gasteiger partial charge < -0.3 is 5.32 Å². The van der Waals surface area contributed by atoms with E-state index in [0.29, 0.717) is 10.0 Å². The van der Waals surface area contributed by atoms with Gasteiger partial charge in [0.2, 0.25) is 0 Å². The molecule has 0 bridgehead atoms. The minimum Gasteiger partial charge on any atom is -0.349 e. The Bertz CT molecular complexity index is 657. The molecule has 0 aromatic heterocycles. The molecule has 0 spiro atoms. The number of nitrogens with one attached hydrogen (secondary N) is 1. The predicted molar refractivity (Wildman–Crippen MR) is 85.9 cm³/mol. The van der Waals surface area contributed by atoms with Gasteiger partial charge in [-0.05, 0) is 65.5 Å². The van der Waals surface area contributed by atoms with Crippen molar-refractivity contribution in [1.82, 2.24) is 5.32 Å². The van der Waals surface area contributed by atoms with Crippen molar-refractivity contribution in [3.05, 3.63) is 69.4 Å². The summed E-state index contributed by atoms with van der Waals surface area (Å²) >= 11 is 3.07. The summed E-state index contributed by atoms with van der Waals surface area (Å²) in [6, 6.07) is 12.4. The quantitative estimate of drug-likeness (QED) is 0.877. The molecule has 1 N–H and O–H groups in total. The summed E-state index contributed by atoms with van der Waals surface area (Å²) < 4.78 is 13.8. The maximum atomic E-state index is 13.4. The van der Waals surface area contributed by atoms with E-state index in [1.807, 2.05) is 32.0 Å². The normalized spacial score (nSPS) is 12.0. The molecule has 0 fully saturated rings. The molecule has 4 heteroatoms. The standard InChI is InChI=1S/C17H17BrFNO/c1-11-5-3-4-6-13(11)9-12(2)20-17(21)14-7-8-15(18)16(19)10-14/h3-8,10,12H,9H2,1-2H3,(H,20,21). The van der Waals surface area contributed by atoms with Gasteiger partial charge in [-0.15, -0.1) is 0 Å². The van der Waals surface area contributed by atoms with Gasteiger partial charge in [-0.2, -0.15) is 0 Å². The molecule has 2 rings (SSSR count). The van der Waals surface area contributed by atoms with Crippen molar-refractivity contribution in [3.8, 4) is 0 Å². The Balaban J connectivity index is 2.02. The molecule has 1 amide bonds. The summed E-state index contributed by atoms with van der Waals surface area (Å²) in [5, 5.41) is 2.90. The van der Waals surface area contributed by atoms with Crippen molar-refractivity contribution < 1.29 is 9.18 Å². The number of hydrogen-bond donors (Lipinski definition) is 1. The highest BCUT2D eigenvalue weighted by atomic mass is 79.9. The lowest BCUT2D eigenvalue weighted by molar-refractivity contribution is 0.0939. The molecular formula is C17H17BrFNO. The van der Waals surface area contributed by atoms with Gasteiger partial charge >= 0.3 is 0 Å². The smallest absolute Gasteiger partial charge is 0.251 e. The second-order valence-corrected chi connectivity index (χ2v) is 5.99. The second-order valence-electron chi connectivity index (χ2n) is 5.13. The molecule has 0 radical (unpaired) electrons. The topological polar surface area (TPSA) is 29.1 Å². The van der Waals surface area contributed by atoms with E-state index in [1.165, 1.54) is 23.3 Å². The molecule has 0 heterocycles. The van der Waals surface area contributed by atoms with Crippen LogP contribution in [0.25, 0.3) is 0 Å². The molecule has 110 valence electrons. The molecule has 2 aromatic rings. The van der Waals surface area contributed by atoms with E-state index >= 15 is 0 Å². The van der Waals surface area contributed by atoms with Crippen molar-refractivity contribution in [1.29, 1.82) is 0 Å². The monoisotopic (exact) mass is 349 g/mol. The number of amides is 1. The molecule has 0 saturated carbocycles. The first-order valence-electron chi connectivity index (χ1n) is 6.78. The third kappa shape index (κ3) is 4.14. The molecule has 21 heavy (non-hydrogen) atoms. The first-order chi connectivity index (χ1) is 9.97. The van der Waals surface area contributed by atoms with Crippen LogP contribution in [0, 0.1) is 12.7 Å². The van der Waals surface area contributed by atoms with E-state index in [0.717, 1.165) is 6.42 Å². The molecule has 2 aromatic carbocycles. The second kappa shape index (κ2) is 6.85. The van der Waals surface area contributed by atoms with Crippen molar-refractivity contribution >= 4 is 21.8 Å². The van der Waals surface area contributed by atoms with Crippen molar-refractivity contribution in [2.75, 3.05) is 0 Å². The molecule has 0 saturated heterocycles. The Kier molecular flexibility index (Phi) is 5.12. The van der Waals surface area contributed by atoms with Crippen LogP contribution < -0.4 is 5.32 Å². The summed E-state index contributed by atoms with van der Waals surface area (Å²) in [5.41, 5.74) is 2.73. The minimum absolute atomic E-state index is 0.0229. The van der Waals surface area contributed by atoms with Crippen LogP contribution in [-0.4, -0.2) is 11.9 Å². The number of rotatable bonds is 4. The van der Waals surface area contributed by atoms with Crippen LogP contribution >= 0.6 is 15.9 Å². The summed E-state index contributed by atoms with van der Waals surface area (Å²) in [6.07, 6.45) is 0.747. The van der Waals surface area contributed by atoms with Crippen LogP contribution in [0.5, 0.6) is 0 Å². The maximum Gasteiger partial charge on any atom is 0.251 e. The van der Waals surface area contributed by atoms with E-state index in [-0.39, 0.29) is 11.9 Å². The van der Waals surface area contributed by atoms with Crippen molar-refractivity contribution in [2.24, 2.45) is 0 Å². The highest BCUT2D eigenvalue weighted by Crippen LogP contribution is 2.16. The SMILES string of the molecule is Cc1ccccc1CC(C)NC(=O)c1ccc(Br)c(F)c1.